The summed E-state index contributed by atoms with van der Waals surface area (Å²) in [7, 11) is 0. The van der Waals surface area contributed by atoms with E-state index in [0.717, 1.165) is 12.0 Å². The maximum atomic E-state index is 3.53. The second-order valence-electron chi connectivity index (χ2n) is 5.31. The van der Waals surface area contributed by atoms with Crippen molar-refractivity contribution in [2.24, 2.45) is 5.92 Å². The Kier molecular flexibility index (Phi) is 3.81. The molecule has 2 heteroatoms. The molecule has 1 saturated heterocycles. The van der Waals surface area contributed by atoms with Gasteiger partial charge < -0.3 is 5.32 Å². The minimum atomic E-state index is 0.728. The Morgan fingerprint density at radius 1 is 1.53 bits per heavy atom. The van der Waals surface area contributed by atoms with Crippen LogP contribution in [-0.4, -0.2) is 37.1 Å². The molecule has 0 aromatic heterocycles. The Morgan fingerprint density at radius 3 is 3.07 bits per heavy atom. The lowest BCUT2D eigenvalue weighted by Gasteiger charge is -2.33. The van der Waals surface area contributed by atoms with Crippen LogP contribution in [0.1, 0.15) is 33.1 Å². The first-order valence-corrected chi connectivity index (χ1v) is 6.35. The lowest BCUT2D eigenvalue weighted by molar-refractivity contribution is 0.201. The van der Waals surface area contributed by atoms with Gasteiger partial charge in [0.15, 0.2) is 0 Å². The van der Waals surface area contributed by atoms with Gasteiger partial charge in [-0.25, -0.2) is 0 Å². The minimum absolute atomic E-state index is 0.728. The third-order valence-corrected chi connectivity index (χ3v) is 3.77. The molecule has 2 atom stereocenters. The molecule has 2 nitrogen and oxygen atoms in total. The van der Waals surface area contributed by atoms with E-state index in [2.05, 4.69) is 30.1 Å². The summed E-state index contributed by atoms with van der Waals surface area (Å²) in [6, 6.07) is 0.728. The van der Waals surface area contributed by atoms with Gasteiger partial charge in [0.25, 0.3) is 0 Å². The highest BCUT2D eigenvalue weighted by Gasteiger charge is 2.21. The van der Waals surface area contributed by atoms with Crippen LogP contribution >= 0.6 is 0 Å². The molecule has 2 unspecified atom stereocenters. The fraction of sp³-hybridized carbons (Fsp3) is 0.846. The minimum Gasteiger partial charge on any atom is -0.314 e. The maximum Gasteiger partial charge on any atom is 0.0165 e. The molecule has 86 valence electrons. The van der Waals surface area contributed by atoms with Gasteiger partial charge in [-0.05, 0) is 45.6 Å². The fourth-order valence-corrected chi connectivity index (χ4v) is 2.74. The highest BCUT2D eigenvalue weighted by Crippen LogP contribution is 2.19. The van der Waals surface area contributed by atoms with Gasteiger partial charge >= 0.3 is 0 Å². The molecular weight excluding hydrogens is 184 g/mol. The average molecular weight is 208 g/mol. The standard InChI is InChI=1S/C13H24N2/c1-11-4-7-15(8-5-11)10-13-3-6-14-12(2)9-13/h4,12-14H,3,5-10H2,1-2H3. The number of nitrogens with one attached hydrogen (secondary N) is 1. The number of hydrogen-bond acceptors (Lipinski definition) is 2. The van der Waals surface area contributed by atoms with E-state index in [1.165, 1.54) is 45.4 Å². The Balaban J connectivity index is 1.77. The van der Waals surface area contributed by atoms with E-state index in [-0.39, 0.29) is 0 Å². The van der Waals surface area contributed by atoms with Gasteiger partial charge in [-0.2, -0.15) is 0 Å². The van der Waals surface area contributed by atoms with Crippen LogP contribution in [0.3, 0.4) is 0 Å². The zero-order valence-electron chi connectivity index (χ0n) is 10.1. The van der Waals surface area contributed by atoms with E-state index in [1.807, 2.05) is 0 Å². The van der Waals surface area contributed by atoms with E-state index in [1.54, 1.807) is 5.57 Å². The molecule has 0 aliphatic carbocycles. The highest BCUT2D eigenvalue weighted by atomic mass is 15.1. The van der Waals surface area contributed by atoms with E-state index >= 15 is 0 Å². The number of rotatable bonds is 2. The maximum absolute atomic E-state index is 3.53. The predicted molar refractivity (Wildman–Crippen MR) is 65.0 cm³/mol. The fourth-order valence-electron chi connectivity index (χ4n) is 2.74. The van der Waals surface area contributed by atoms with Crippen LogP contribution in [0, 0.1) is 5.92 Å². The van der Waals surface area contributed by atoms with Crippen LogP contribution in [0.15, 0.2) is 11.6 Å². The predicted octanol–water partition coefficient (Wildman–Crippen LogP) is 2.03. The molecule has 15 heavy (non-hydrogen) atoms. The van der Waals surface area contributed by atoms with Crippen LogP contribution in [0.2, 0.25) is 0 Å². The highest BCUT2D eigenvalue weighted by molar-refractivity contribution is 5.03. The second kappa shape index (κ2) is 5.13. The van der Waals surface area contributed by atoms with Crippen molar-refractivity contribution in [3.05, 3.63) is 11.6 Å². The third kappa shape index (κ3) is 3.32. The molecule has 0 spiro atoms. The monoisotopic (exact) mass is 208 g/mol. The molecule has 0 aromatic carbocycles. The quantitative estimate of drug-likeness (QED) is 0.699. The summed E-state index contributed by atoms with van der Waals surface area (Å²) in [5, 5.41) is 3.53. The molecule has 1 fully saturated rings. The number of piperidine rings is 1. The van der Waals surface area contributed by atoms with Crippen LogP contribution < -0.4 is 5.32 Å². The number of nitrogens with zero attached hydrogens (tertiary/aromatic N) is 1. The zero-order chi connectivity index (χ0) is 10.7. The van der Waals surface area contributed by atoms with Crippen molar-refractivity contribution in [3.8, 4) is 0 Å². The molecule has 0 radical (unpaired) electrons. The molecule has 0 saturated carbocycles. The van der Waals surface area contributed by atoms with Crippen LogP contribution in [0.25, 0.3) is 0 Å². The van der Waals surface area contributed by atoms with Crippen molar-refractivity contribution in [2.45, 2.75) is 39.2 Å². The van der Waals surface area contributed by atoms with Crippen LogP contribution in [0.4, 0.5) is 0 Å². The van der Waals surface area contributed by atoms with Gasteiger partial charge in [0, 0.05) is 25.7 Å². The van der Waals surface area contributed by atoms with Crippen LogP contribution in [0.5, 0.6) is 0 Å². The van der Waals surface area contributed by atoms with Gasteiger partial charge in [-0.1, -0.05) is 11.6 Å². The van der Waals surface area contributed by atoms with Gasteiger partial charge in [0.2, 0.25) is 0 Å². The number of hydrogen-bond donors (Lipinski definition) is 1. The van der Waals surface area contributed by atoms with Crippen molar-refractivity contribution in [3.63, 3.8) is 0 Å². The molecule has 2 aliphatic heterocycles. The SMILES string of the molecule is CC1=CCN(CC2CCNC(C)C2)CC1. The molecule has 0 bridgehead atoms. The van der Waals surface area contributed by atoms with Crippen molar-refractivity contribution < 1.29 is 0 Å². The third-order valence-electron chi connectivity index (χ3n) is 3.77. The van der Waals surface area contributed by atoms with Gasteiger partial charge in [-0.15, -0.1) is 0 Å². The summed E-state index contributed by atoms with van der Waals surface area (Å²) in [4.78, 5) is 2.62. The van der Waals surface area contributed by atoms with Crippen molar-refractivity contribution in [2.75, 3.05) is 26.2 Å². The van der Waals surface area contributed by atoms with Gasteiger partial charge in [0.1, 0.15) is 0 Å². The molecular formula is C13H24N2. The first-order chi connectivity index (χ1) is 7.24. The molecule has 0 aromatic rings. The van der Waals surface area contributed by atoms with Crippen molar-refractivity contribution in [1.29, 1.82) is 0 Å². The van der Waals surface area contributed by atoms with E-state index < -0.39 is 0 Å². The van der Waals surface area contributed by atoms with Crippen molar-refractivity contribution in [1.82, 2.24) is 10.2 Å². The normalized spacial score (nSPS) is 33.9. The Morgan fingerprint density at radius 2 is 2.40 bits per heavy atom. The molecule has 2 aliphatic rings. The summed E-state index contributed by atoms with van der Waals surface area (Å²) < 4.78 is 0. The Bertz CT molecular complexity index is 235. The van der Waals surface area contributed by atoms with Crippen molar-refractivity contribution >= 4 is 0 Å². The Labute approximate surface area is 93.7 Å². The van der Waals surface area contributed by atoms with E-state index in [4.69, 9.17) is 0 Å². The smallest absolute Gasteiger partial charge is 0.0165 e. The zero-order valence-corrected chi connectivity index (χ0v) is 10.1. The molecule has 0 amide bonds. The molecule has 1 N–H and O–H groups in total. The summed E-state index contributed by atoms with van der Waals surface area (Å²) in [6.07, 6.45) is 6.40. The summed E-state index contributed by atoms with van der Waals surface area (Å²) >= 11 is 0. The Hall–Kier alpha value is -0.340. The lowest BCUT2D eigenvalue weighted by atomic mass is 9.92. The second-order valence-corrected chi connectivity index (χ2v) is 5.31. The van der Waals surface area contributed by atoms with E-state index in [9.17, 15) is 0 Å². The van der Waals surface area contributed by atoms with Gasteiger partial charge in [0.05, 0.1) is 0 Å². The first-order valence-electron chi connectivity index (χ1n) is 6.35. The summed E-state index contributed by atoms with van der Waals surface area (Å²) in [5.74, 6) is 0.924. The van der Waals surface area contributed by atoms with Crippen LogP contribution in [-0.2, 0) is 0 Å². The first kappa shape index (κ1) is 11.2. The largest absolute Gasteiger partial charge is 0.314 e. The van der Waals surface area contributed by atoms with E-state index in [0.29, 0.717) is 0 Å². The topological polar surface area (TPSA) is 15.3 Å². The summed E-state index contributed by atoms with van der Waals surface area (Å²) in [6.45, 7) is 9.56. The lowest BCUT2D eigenvalue weighted by Crippen LogP contribution is -2.41. The molecule has 2 rings (SSSR count). The van der Waals surface area contributed by atoms with Gasteiger partial charge in [-0.3, -0.25) is 4.90 Å². The average Bonchev–Trinajstić information content (AvgIpc) is 2.22. The summed E-state index contributed by atoms with van der Waals surface area (Å²) in [5.41, 5.74) is 1.57. The molecule has 2 heterocycles.